The minimum Gasteiger partial charge on any atom is -0.373 e. The van der Waals surface area contributed by atoms with Gasteiger partial charge in [-0.2, -0.15) is 0 Å². The van der Waals surface area contributed by atoms with Crippen molar-refractivity contribution in [3.63, 3.8) is 0 Å². The van der Waals surface area contributed by atoms with Gasteiger partial charge in [0, 0.05) is 6.42 Å². The monoisotopic (exact) mass is 406 g/mol. The molecule has 2 atom stereocenters. The van der Waals surface area contributed by atoms with Gasteiger partial charge in [0.25, 0.3) is 0 Å². The van der Waals surface area contributed by atoms with Crippen LogP contribution in [0.3, 0.4) is 0 Å². The highest BCUT2D eigenvalue weighted by molar-refractivity contribution is 5.90. The molecule has 30 heavy (non-hydrogen) atoms. The van der Waals surface area contributed by atoms with Crippen LogP contribution in [0.1, 0.15) is 74.6 Å². The van der Waals surface area contributed by atoms with Crippen LogP contribution in [0.25, 0.3) is 10.8 Å². The van der Waals surface area contributed by atoms with Crippen LogP contribution < -0.4 is 0 Å². The summed E-state index contributed by atoms with van der Waals surface area (Å²) in [6, 6.07) is 9.81. The fraction of sp³-hybridized carbons (Fsp3) is 0.643. The highest BCUT2D eigenvalue weighted by Gasteiger charge is 2.28. The Morgan fingerprint density at radius 2 is 1.20 bits per heavy atom. The average molecular weight is 407 g/mol. The number of fused-ring (bicyclic) bond motifs is 1. The molecule has 2 aliphatic carbocycles. The minimum atomic E-state index is 0.455. The molecule has 0 bridgehead atoms. The molecule has 0 aromatic heterocycles. The van der Waals surface area contributed by atoms with Gasteiger partial charge in [-0.3, -0.25) is 0 Å². The van der Waals surface area contributed by atoms with Gasteiger partial charge in [-0.15, -0.1) is 0 Å². The van der Waals surface area contributed by atoms with Gasteiger partial charge >= 0.3 is 0 Å². The quantitative estimate of drug-likeness (QED) is 0.425. The number of benzene rings is 2. The summed E-state index contributed by atoms with van der Waals surface area (Å²) in [4.78, 5) is 0. The lowest BCUT2D eigenvalue weighted by atomic mass is 9.86. The van der Waals surface area contributed by atoms with Gasteiger partial charge in [-0.05, 0) is 89.8 Å². The van der Waals surface area contributed by atoms with Crippen molar-refractivity contribution in [2.24, 2.45) is 11.8 Å². The second-order valence-corrected chi connectivity index (χ2v) is 9.78. The van der Waals surface area contributed by atoms with Crippen LogP contribution >= 0.6 is 0 Å². The molecule has 2 heterocycles. The van der Waals surface area contributed by atoms with Crippen LogP contribution in [-0.4, -0.2) is 25.4 Å². The summed E-state index contributed by atoms with van der Waals surface area (Å²) in [5.41, 5.74) is 6.41. The van der Waals surface area contributed by atoms with Gasteiger partial charge in [0.05, 0.1) is 25.4 Å². The summed E-state index contributed by atoms with van der Waals surface area (Å²) >= 11 is 0. The third-order valence-electron chi connectivity index (χ3n) is 7.29. The third-order valence-corrected chi connectivity index (χ3v) is 7.29. The SMILES string of the molecule is CC.c1cc2c(CCC3CO3)c(CC3CO3)ccc2c(CCC2CC2)c1CC1CC1. The molecule has 4 fully saturated rings. The lowest BCUT2D eigenvalue weighted by Gasteiger charge is -2.18. The van der Waals surface area contributed by atoms with E-state index in [-0.39, 0.29) is 0 Å². The van der Waals surface area contributed by atoms with Crippen LogP contribution in [0, 0.1) is 11.8 Å². The third kappa shape index (κ3) is 5.08. The summed E-state index contributed by atoms with van der Waals surface area (Å²) < 4.78 is 11.1. The Balaban J connectivity index is 0.000000937. The molecule has 2 saturated carbocycles. The van der Waals surface area contributed by atoms with Crippen molar-refractivity contribution in [1.29, 1.82) is 0 Å². The number of rotatable bonds is 10. The molecule has 4 aliphatic rings. The fourth-order valence-electron chi connectivity index (χ4n) is 4.95. The van der Waals surface area contributed by atoms with E-state index < -0.39 is 0 Å². The maximum absolute atomic E-state index is 5.56. The van der Waals surface area contributed by atoms with Crippen molar-refractivity contribution in [3.8, 4) is 0 Å². The molecule has 2 unspecified atom stereocenters. The maximum atomic E-state index is 5.56. The molecule has 2 heteroatoms. The van der Waals surface area contributed by atoms with E-state index in [0.717, 1.165) is 37.9 Å². The fourth-order valence-corrected chi connectivity index (χ4v) is 4.95. The Morgan fingerprint density at radius 3 is 1.73 bits per heavy atom. The zero-order valence-corrected chi connectivity index (χ0v) is 18.9. The van der Waals surface area contributed by atoms with Gasteiger partial charge in [0.1, 0.15) is 0 Å². The van der Waals surface area contributed by atoms with Crippen LogP contribution in [0.2, 0.25) is 0 Å². The zero-order chi connectivity index (χ0) is 20.5. The van der Waals surface area contributed by atoms with Crippen molar-refractivity contribution in [2.75, 3.05) is 13.2 Å². The number of hydrogen-bond acceptors (Lipinski definition) is 2. The summed E-state index contributed by atoms with van der Waals surface area (Å²) in [5.74, 6) is 1.96. The van der Waals surface area contributed by atoms with Gasteiger partial charge in [-0.1, -0.05) is 51.0 Å². The Bertz CT molecular complexity index is 797. The van der Waals surface area contributed by atoms with Crippen LogP contribution in [0.5, 0.6) is 0 Å². The predicted molar refractivity (Wildman–Crippen MR) is 124 cm³/mol. The van der Waals surface area contributed by atoms with Gasteiger partial charge in [0.2, 0.25) is 0 Å². The van der Waals surface area contributed by atoms with E-state index in [1.54, 1.807) is 22.1 Å². The Hall–Kier alpha value is -1.38. The molecule has 0 amide bonds. The molecule has 2 saturated heterocycles. The van der Waals surface area contributed by atoms with Crippen molar-refractivity contribution >= 4 is 10.8 Å². The number of ether oxygens (including phenoxy) is 2. The van der Waals surface area contributed by atoms with Crippen molar-refractivity contribution in [1.82, 2.24) is 0 Å². The number of epoxide rings is 2. The molecule has 6 rings (SSSR count). The van der Waals surface area contributed by atoms with E-state index in [2.05, 4.69) is 24.3 Å². The number of hydrogen-bond donors (Lipinski definition) is 0. The standard InChI is InChI=1S/C26H32O2.C2H6/c1-2-17(1)5-9-23-19(13-18-3-4-18)6-10-26-24(12-8-21-15-27-21)20(7-11-25(23)26)14-22-16-28-22;1-2/h6-7,10-11,17-18,21-22H,1-5,8-9,12-16H2;1-2H3. The molecule has 0 N–H and O–H groups in total. The van der Waals surface area contributed by atoms with Crippen LogP contribution in [0.4, 0.5) is 0 Å². The molecular formula is C28H38O2. The first-order valence-electron chi connectivity index (χ1n) is 12.6. The largest absolute Gasteiger partial charge is 0.373 e. The van der Waals surface area contributed by atoms with Gasteiger partial charge in [0.15, 0.2) is 0 Å². The Kier molecular flexibility index (Phi) is 6.16. The lowest BCUT2D eigenvalue weighted by Crippen LogP contribution is -2.05. The smallest absolute Gasteiger partial charge is 0.0850 e. The molecule has 0 radical (unpaired) electrons. The predicted octanol–water partition coefficient (Wildman–Crippen LogP) is 6.43. The Morgan fingerprint density at radius 1 is 0.667 bits per heavy atom. The second kappa shape index (κ2) is 9.01. The zero-order valence-electron chi connectivity index (χ0n) is 18.9. The molecule has 2 aliphatic heterocycles. The van der Waals surface area contributed by atoms with Crippen molar-refractivity contribution < 1.29 is 9.47 Å². The van der Waals surface area contributed by atoms with E-state index in [0.29, 0.717) is 12.2 Å². The first kappa shape index (κ1) is 20.5. The summed E-state index contributed by atoms with van der Waals surface area (Å²) in [6.07, 6.45) is 14.1. The van der Waals surface area contributed by atoms with E-state index in [1.165, 1.54) is 62.3 Å². The summed E-state index contributed by atoms with van der Waals surface area (Å²) in [7, 11) is 0. The van der Waals surface area contributed by atoms with Crippen LogP contribution in [0.15, 0.2) is 24.3 Å². The topological polar surface area (TPSA) is 25.1 Å². The van der Waals surface area contributed by atoms with E-state index in [1.807, 2.05) is 13.8 Å². The van der Waals surface area contributed by atoms with Gasteiger partial charge in [-0.25, -0.2) is 0 Å². The molecule has 2 aromatic rings. The molecule has 0 spiro atoms. The highest BCUT2D eigenvalue weighted by Crippen LogP contribution is 2.39. The van der Waals surface area contributed by atoms with Crippen molar-refractivity contribution in [3.05, 3.63) is 46.5 Å². The highest BCUT2D eigenvalue weighted by atomic mass is 16.6. The number of aryl methyl sites for hydroxylation is 2. The average Bonchev–Trinajstić information content (AvgIpc) is 3.60. The lowest BCUT2D eigenvalue weighted by molar-refractivity contribution is 0.396. The maximum Gasteiger partial charge on any atom is 0.0850 e. The van der Waals surface area contributed by atoms with E-state index in [4.69, 9.17) is 9.47 Å². The van der Waals surface area contributed by atoms with Gasteiger partial charge < -0.3 is 9.47 Å². The minimum absolute atomic E-state index is 0.455. The van der Waals surface area contributed by atoms with E-state index >= 15 is 0 Å². The molecule has 162 valence electrons. The first-order valence-corrected chi connectivity index (χ1v) is 12.6. The van der Waals surface area contributed by atoms with Crippen LogP contribution in [-0.2, 0) is 35.2 Å². The summed E-state index contributed by atoms with van der Waals surface area (Å²) in [5, 5.41) is 3.06. The molecular weight excluding hydrogens is 368 g/mol. The second-order valence-electron chi connectivity index (χ2n) is 9.78. The normalized spacial score (nSPS) is 24.5. The van der Waals surface area contributed by atoms with E-state index in [9.17, 15) is 0 Å². The molecule has 2 nitrogen and oxygen atoms in total. The van der Waals surface area contributed by atoms with Crippen molar-refractivity contribution in [2.45, 2.75) is 90.3 Å². The molecule has 2 aromatic carbocycles. The Labute approximate surface area is 182 Å². The summed E-state index contributed by atoms with van der Waals surface area (Å²) in [6.45, 7) is 5.90. The first-order chi connectivity index (χ1) is 14.8.